The van der Waals surface area contributed by atoms with Gasteiger partial charge in [-0.05, 0) is 37.1 Å². The summed E-state index contributed by atoms with van der Waals surface area (Å²) in [5, 5.41) is 8.84. The van der Waals surface area contributed by atoms with E-state index >= 15 is 0 Å². The van der Waals surface area contributed by atoms with Crippen LogP contribution >= 0.6 is 0 Å². The molecule has 106 valence electrons. The van der Waals surface area contributed by atoms with Gasteiger partial charge >= 0.3 is 0 Å². The first-order valence-corrected chi connectivity index (χ1v) is 6.55. The van der Waals surface area contributed by atoms with E-state index in [1.807, 2.05) is 18.3 Å². The number of phenolic OH excluding ortho intramolecular Hbond substituents is 1. The number of nitrogens with zero attached hydrogens (tertiary/aromatic N) is 1. The minimum absolute atomic E-state index is 0.0827. The highest BCUT2D eigenvalue weighted by Crippen LogP contribution is 2.16. The van der Waals surface area contributed by atoms with Crippen molar-refractivity contribution in [2.45, 2.75) is 26.2 Å². The SMILES string of the molecule is CCCCc1ccccn1.O=COc1cccc(O)c1. The largest absolute Gasteiger partial charge is 0.508 e. The van der Waals surface area contributed by atoms with Crippen molar-refractivity contribution >= 4 is 6.47 Å². The van der Waals surface area contributed by atoms with E-state index in [2.05, 4.69) is 22.7 Å². The van der Waals surface area contributed by atoms with Crippen molar-refractivity contribution in [3.63, 3.8) is 0 Å². The number of aromatic hydroxyl groups is 1. The Bertz CT molecular complexity index is 500. The van der Waals surface area contributed by atoms with Crippen LogP contribution in [0.25, 0.3) is 0 Å². The molecule has 0 saturated heterocycles. The molecule has 0 atom stereocenters. The molecule has 0 aliphatic heterocycles. The number of hydrogen-bond donors (Lipinski definition) is 1. The zero-order valence-corrected chi connectivity index (χ0v) is 11.5. The van der Waals surface area contributed by atoms with E-state index in [1.165, 1.54) is 30.7 Å². The molecule has 0 amide bonds. The van der Waals surface area contributed by atoms with E-state index in [4.69, 9.17) is 5.11 Å². The fraction of sp³-hybridized carbons (Fsp3) is 0.250. The molecule has 2 rings (SSSR count). The second-order valence-corrected chi connectivity index (χ2v) is 4.14. The standard InChI is InChI=1S/C9H13N.C7H6O3/c1-2-3-6-9-7-4-5-8-10-9;8-5-10-7-3-1-2-6(9)4-7/h4-5,7-8H,2-3,6H2,1H3;1-5,9H. The molecule has 0 spiro atoms. The van der Waals surface area contributed by atoms with Gasteiger partial charge in [0.05, 0.1) is 0 Å². The average molecular weight is 273 g/mol. The van der Waals surface area contributed by atoms with Crippen LogP contribution in [0.3, 0.4) is 0 Å². The number of phenols is 1. The lowest BCUT2D eigenvalue weighted by molar-refractivity contribution is -0.120. The molecule has 1 aromatic heterocycles. The van der Waals surface area contributed by atoms with Gasteiger partial charge in [0.25, 0.3) is 6.47 Å². The Labute approximate surface area is 119 Å². The molecule has 1 aromatic carbocycles. The van der Waals surface area contributed by atoms with Crippen LogP contribution in [0.4, 0.5) is 0 Å². The zero-order chi connectivity index (χ0) is 14.6. The smallest absolute Gasteiger partial charge is 0.298 e. The van der Waals surface area contributed by atoms with Gasteiger partial charge in [-0.3, -0.25) is 9.78 Å². The Balaban J connectivity index is 0.000000200. The number of rotatable bonds is 5. The minimum atomic E-state index is 0.0827. The molecule has 4 nitrogen and oxygen atoms in total. The summed E-state index contributed by atoms with van der Waals surface area (Å²) in [5.74, 6) is 0.425. The third kappa shape index (κ3) is 6.54. The van der Waals surface area contributed by atoms with Crippen molar-refractivity contribution in [1.82, 2.24) is 4.98 Å². The molecule has 1 heterocycles. The van der Waals surface area contributed by atoms with Gasteiger partial charge in [0, 0.05) is 18.0 Å². The highest BCUT2D eigenvalue weighted by Gasteiger charge is 1.91. The third-order valence-corrected chi connectivity index (χ3v) is 2.51. The van der Waals surface area contributed by atoms with Crippen LogP contribution in [-0.2, 0) is 11.2 Å². The molecule has 0 radical (unpaired) electrons. The van der Waals surface area contributed by atoms with Crippen LogP contribution in [0.2, 0.25) is 0 Å². The van der Waals surface area contributed by atoms with Gasteiger partial charge in [-0.1, -0.05) is 25.5 Å². The maximum absolute atomic E-state index is 9.78. The molecule has 0 fully saturated rings. The summed E-state index contributed by atoms with van der Waals surface area (Å²) in [6, 6.07) is 12.1. The predicted octanol–water partition coefficient (Wildman–Crippen LogP) is 3.35. The maximum atomic E-state index is 9.78. The zero-order valence-electron chi connectivity index (χ0n) is 11.5. The summed E-state index contributed by atoms with van der Waals surface area (Å²) in [4.78, 5) is 14.0. The number of aryl methyl sites for hydroxylation is 1. The normalized spacial score (nSPS) is 9.25. The quantitative estimate of drug-likeness (QED) is 0.849. The van der Waals surface area contributed by atoms with E-state index in [0.717, 1.165) is 6.42 Å². The average Bonchev–Trinajstić information content (AvgIpc) is 2.47. The fourth-order valence-electron chi connectivity index (χ4n) is 1.52. The van der Waals surface area contributed by atoms with Crippen molar-refractivity contribution in [1.29, 1.82) is 0 Å². The number of aromatic nitrogens is 1. The van der Waals surface area contributed by atoms with Gasteiger partial charge in [0.2, 0.25) is 0 Å². The minimum Gasteiger partial charge on any atom is -0.508 e. The number of ether oxygens (including phenoxy) is 1. The summed E-state index contributed by atoms with van der Waals surface area (Å²) in [5.41, 5.74) is 1.21. The summed E-state index contributed by atoms with van der Waals surface area (Å²) in [6.45, 7) is 2.51. The van der Waals surface area contributed by atoms with Gasteiger partial charge in [0.15, 0.2) is 0 Å². The van der Waals surface area contributed by atoms with Crippen molar-refractivity contribution < 1.29 is 14.6 Å². The molecule has 20 heavy (non-hydrogen) atoms. The topological polar surface area (TPSA) is 59.4 Å². The Morgan fingerprint density at radius 2 is 2.10 bits per heavy atom. The van der Waals surface area contributed by atoms with E-state index in [-0.39, 0.29) is 5.75 Å². The van der Waals surface area contributed by atoms with Gasteiger partial charge in [-0.15, -0.1) is 0 Å². The predicted molar refractivity (Wildman–Crippen MR) is 77.6 cm³/mol. The fourth-order valence-corrected chi connectivity index (χ4v) is 1.52. The van der Waals surface area contributed by atoms with E-state index in [9.17, 15) is 4.79 Å². The molecule has 1 N–H and O–H groups in total. The molecular formula is C16H19NO3. The third-order valence-electron chi connectivity index (χ3n) is 2.51. The maximum Gasteiger partial charge on any atom is 0.298 e. The first kappa shape index (κ1) is 15.7. The molecule has 0 aliphatic rings. The molecule has 0 bridgehead atoms. The summed E-state index contributed by atoms with van der Waals surface area (Å²) in [7, 11) is 0. The van der Waals surface area contributed by atoms with Crippen LogP contribution in [0.5, 0.6) is 11.5 Å². The highest BCUT2D eigenvalue weighted by atomic mass is 16.5. The number of unbranched alkanes of at least 4 members (excludes halogenated alkanes) is 1. The van der Waals surface area contributed by atoms with E-state index in [1.54, 1.807) is 12.1 Å². The molecule has 2 aromatic rings. The van der Waals surface area contributed by atoms with E-state index < -0.39 is 0 Å². The Morgan fingerprint density at radius 1 is 1.25 bits per heavy atom. The summed E-state index contributed by atoms with van der Waals surface area (Å²) < 4.78 is 4.45. The van der Waals surface area contributed by atoms with Crippen molar-refractivity contribution in [2.24, 2.45) is 0 Å². The van der Waals surface area contributed by atoms with E-state index in [0.29, 0.717) is 12.2 Å². The van der Waals surface area contributed by atoms with Crippen LogP contribution in [-0.4, -0.2) is 16.6 Å². The Morgan fingerprint density at radius 3 is 2.70 bits per heavy atom. The van der Waals surface area contributed by atoms with Gasteiger partial charge in [0.1, 0.15) is 11.5 Å². The van der Waals surface area contributed by atoms with Crippen LogP contribution in [0, 0.1) is 0 Å². The second kappa shape index (κ2) is 9.55. The molecule has 4 heteroatoms. The Kier molecular flexibility index (Phi) is 7.50. The highest BCUT2D eigenvalue weighted by molar-refractivity contribution is 5.46. The molecule has 0 saturated carbocycles. The van der Waals surface area contributed by atoms with Gasteiger partial charge in [-0.25, -0.2) is 0 Å². The van der Waals surface area contributed by atoms with Crippen molar-refractivity contribution in [2.75, 3.05) is 0 Å². The molecule has 0 unspecified atom stereocenters. The summed E-state index contributed by atoms with van der Waals surface area (Å²) in [6.07, 6.45) is 5.47. The van der Waals surface area contributed by atoms with Crippen LogP contribution < -0.4 is 4.74 Å². The molecule has 0 aliphatic carbocycles. The van der Waals surface area contributed by atoms with Crippen LogP contribution in [0.1, 0.15) is 25.5 Å². The lowest BCUT2D eigenvalue weighted by Crippen LogP contribution is -1.86. The van der Waals surface area contributed by atoms with Gasteiger partial charge in [-0.2, -0.15) is 0 Å². The first-order chi connectivity index (χ1) is 9.76. The lowest BCUT2D eigenvalue weighted by Gasteiger charge is -1.95. The number of benzene rings is 1. The second-order valence-electron chi connectivity index (χ2n) is 4.14. The Hall–Kier alpha value is -2.36. The molecular weight excluding hydrogens is 254 g/mol. The monoisotopic (exact) mass is 273 g/mol. The summed E-state index contributed by atoms with van der Waals surface area (Å²) >= 11 is 0. The number of carbonyl (C=O) groups excluding carboxylic acids is 1. The van der Waals surface area contributed by atoms with Crippen LogP contribution in [0.15, 0.2) is 48.7 Å². The number of hydrogen-bond acceptors (Lipinski definition) is 4. The number of pyridine rings is 1. The van der Waals surface area contributed by atoms with Crippen molar-refractivity contribution in [3.8, 4) is 11.5 Å². The van der Waals surface area contributed by atoms with Crippen molar-refractivity contribution in [3.05, 3.63) is 54.4 Å². The first-order valence-electron chi connectivity index (χ1n) is 6.55. The number of carbonyl (C=O) groups is 1. The van der Waals surface area contributed by atoms with Gasteiger partial charge < -0.3 is 9.84 Å². The lowest BCUT2D eigenvalue weighted by atomic mass is 10.2.